The number of rotatable bonds is 5. The second kappa shape index (κ2) is 8.95. The fraction of sp³-hybridized carbons (Fsp3) is 0.250. The molecule has 0 aliphatic heterocycles. The maximum Gasteiger partial charge on any atom is 0.159 e. The zero-order valence-electron chi connectivity index (χ0n) is 19.7. The zero-order chi connectivity index (χ0) is 23.9. The van der Waals surface area contributed by atoms with E-state index in [4.69, 9.17) is 9.97 Å². The van der Waals surface area contributed by atoms with Crippen molar-refractivity contribution in [1.29, 1.82) is 0 Å². The molecule has 6 aromatic rings. The van der Waals surface area contributed by atoms with E-state index in [1.165, 1.54) is 37.7 Å². The van der Waals surface area contributed by atoms with E-state index in [1.54, 1.807) is 11.3 Å². The number of nitrogens with zero attached hydrogens (tertiary/aromatic N) is 5. The number of aromatic nitrogens is 7. The van der Waals surface area contributed by atoms with E-state index in [9.17, 15) is 0 Å². The fourth-order valence-corrected chi connectivity index (χ4v) is 6.02. The standard InChI is InChI=1S/C28H25N7S/c1-2-4-17(5-3-1)10-18-11-20(14-29-13-18)23-12-21-24(15-31-23)34-35-26(21)28-32-22-6-8-30-25(27(22)33-28)19-7-9-36-16-19/h6-9,11-17H,1-5,10H2,(H,32,33)(H,34,35). The van der Waals surface area contributed by atoms with Gasteiger partial charge < -0.3 is 4.98 Å². The summed E-state index contributed by atoms with van der Waals surface area (Å²) in [6.07, 6.45) is 15.4. The molecule has 0 amide bonds. The summed E-state index contributed by atoms with van der Waals surface area (Å²) in [6, 6.07) is 8.35. The predicted molar refractivity (Wildman–Crippen MR) is 144 cm³/mol. The highest BCUT2D eigenvalue weighted by Gasteiger charge is 2.18. The van der Waals surface area contributed by atoms with Crippen LogP contribution in [0.2, 0.25) is 0 Å². The third-order valence-corrected chi connectivity index (χ3v) is 7.89. The zero-order valence-corrected chi connectivity index (χ0v) is 20.6. The van der Waals surface area contributed by atoms with Crippen molar-refractivity contribution in [3.05, 3.63) is 65.4 Å². The molecule has 0 saturated heterocycles. The second-order valence-corrected chi connectivity index (χ2v) is 10.4. The lowest BCUT2D eigenvalue weighted by Gasteiger charge is -2.21. The largest absolute Gasteiger partial charge is 0.336 e. The van der Waals surface area contributed by atoms with Crippen molar-refractivity contribution in [3.63, 3.8) is 0 Å². The van der Waals surface area contributed by atoms with Crippen LogP contribution in [-0.2, 0) is 6.42 Å². The van der Waals surface area contributed by atoms with Gasteiger partial charge in [-0.1, -0.05) is 32.1 Å². The van der Waals surface area contributed by atoms with Crippen molar-refractivity contribution in [2.45, 2.75) is 38.5 Å². The smallest absolute Gasteiger partial charge is 0.159 e. The quantitative estimate of drug-likeness (QED) is 0.276. The average molecular weight is 492 g/mol. The van der Waals surface area contributed by atoms with Crippen LogP contribution in [0.5, 0.6) is 0 Å². The van der Waals surface area contributed by atoms with Gasteiger partial charge in [0.25, 0.3) is 0 Å². The Morgan fingerprint density at radius 3 is 2.75 bits per heavy atom. The number of pyridine rings is 3. The summed E-state index contributed by atoms with van der Waals surface area (Å²) in [4.78, 5) is 22.2. The molecule has 0 radical (unpaired) electrons. The first kappa shape index (κ1) is 21.4. The maximum atomic E-state index is 4.91. The van der Waals surface area contributed by atoms with Crippen LogP contribution in [0.25, 0.3) is 56.0 Å². The van der Waals surface area contributed by atoms with Gasteiger partial charge in [-0.15, -0.1) is 0 Å². The molecule has 178 valence electrons. The predicted octanol–water partition coefficient (Wildman–Crippen LogP) is 6.81. The summed E-state index contributed by atoms with van der Waals surface area (Å²) < 4.78 is 0. The Balaban J connectivity index is 1.26. The van der Waals surface area contributed by atoms with Crippen LogP contribution in [0.3, 0.4) is 0 Å². The Morgan fingerprint density at radius 1 is 0.917 bits per heavy atom. The average Bonchev–Trinajstić information content (AvgIpc) is 3.68. The molecule has 0 atom stereocenters. The molecule has 0 aromatic carbocycles. The van der Waals surface area contributed by atoms with Crippen LogP contribution < -0.4 is 0 Å². The van der Waals surface area contributed by atoms with E-state index < -0.39 is 0 Å². The first-order valence-electron chi connectivity index (χ1n) is 12.5. The van der Waals surface area contributed by atoms with Crippen LogP contribution >= 0.6 is 11.3 Å². The van der Waals surface area contributed by atoms with E-state index in [2.05, 4.69) is 54.1 Å². The first-order chi connectivity index (χ1) is 17.8. The summed E-state index contributed by atoms with van der Waals surface area (Å²) in [5.41, 5.74) is 8.58. The third-order valence-electron chi connectivity index (χ3n) is 7.21. The van der Waals surface area contributed by atoms with Crippen molar-refractivity contribution < 1.29 is 0 Å². The Hall–Kier alpha value is -3.91. The van der Waals surface area contributed by atoms with Crippen molar-refractivity contribution >= 4 is 33.3 Å². The molecule has 0 bridgehead atoms. The third kappa shape index (κ3) is 3.87. The minimum Gasteiger partial charge on any atom is -0.336 e. The molecule has 8 heteroatoms. The van der Waals surface area contributed by atoms with Crippen LogP contribution in [0.15, 0.2) is 59.8 Å². The van der Waals surface area contributed by atoms with Gasteiger partial charge in [-0.05, 0) is 47.5 Å². The number of fused-ring (bicyclic) bond motifs is 2. The Morgan fingerprint density at radius 2 is 1.86 bits per heavy atom. The Labute approximate surface area is 212 Å². The van der Waals surface area contributed by atoms with Gasteiger partial charge in [0.1, 0.15) is 11.2 Å². The van der Waals surface area contributed by atoms with Gasteiger partial charge in [-0.25, -0.2) is 4.98 Å². The second-order valence-electron chi connectivity index (χ2n) is 9.63. The molecule has 6 aromatic heterocycles. The Kier molecular flexibility index (Phi) is 5.31. The molecular weight excluding hydrogens is 466 g/mol. The highest BCUT2D eigenvalue weighted by Crippen LogP contribution is 2.33. The lowest BCUT2D eigenvalue weighted by Crippen LogP contribution is -2.09. The maximum absolute atomic E-state index is 4.91. The molecule has 1 saturated carbocycles. The lowest BCUT2D eigenvalue weighted by molar-refractivity contribution is 0.356. The van der Waals surface area contributed by atoms with E-state index in [1.807, 2.05) is 30.9 Å². The SMILES string of the molecule is c1cc2[nH]c(-c3n[nH]c4cnc(-c5cncc(CC6CCCCC6)c5)cc34)nc2c(-c2ccsc2)n1. The first-order valence-corrected chi connectivity index (χ1v) is 13.4. The number of hydrogen-bond acceptors (Lipinski definition) is 6. The number of aromatic amines is 2. The topological polar surface area (TPSA) is 96.0 Å². The van der Waals surface area contributed by atoms with Crippen LogP contribution in [0.4, 0.5) is 0 Å². The van der Waals surface area contributed by atoms with E-state index in [-0.39, 0.29) is 0 Å². The molecule has 0 unspecified atom stereocenters. The van der Waals surface area contributed by atoms with Crippen LogP contribution in [0, 0.1) is 5.92 Å². The summed E-state index contributed by atoms with van der Waals surface area (Å²) in [6.45, 7) is 0. The van der Waals surface area contributed by atoms with Gasteiger partial charge in [-0.3, -0.25) is 20.1 Å². The molecule has 1 fully saturated rings. The molecule has 7 rings (SSSR count). The van der Waals surface area contributed by atoms with Crippen LogP contribution in [-0.4, -0.2) is 35.1 Å². The van der Waals surface area contributed by atoms with Gasteiger partial charge in [0.05, 0.1) is 28.6 Å². The molecule has 7 nitrogen and oxygen atoms in total. The van der Waals surface area contributed by atoms with Crippen molar-refractivity contribution in [3.8, 4) is 34.0 Å². The minimum absolute atomic E-state index is 0.710. The molecular formula is C28H25N7S. The van der Waals surface area contributed by atoms with E-state index in [0.717, 1.165) is 62.5 Å². The molecule has 1 aliphatic carbocycles. The number of nitrogens with one attached hydrogen (secondary N) is 2. The Bertz CT molecular complexity index is 1660. The monoisotopic (exact) mass is 491 g/mol. The summed E-state index contributed by atoms with van der Waals surface area (Å²) in [5.74, 6) is 1.48. The van der Waals surface area contributed by atoms with Gasteiger partial charge in [0, 0.05) is 40.5 Å². The van der Waals surface area contributed by atoms with Crippen molar-refractivity contribution in [2.24, 2.45) is 5.92 Å². The van der Waals surface area contributed by atoms with E-state index in [0.29, 0.717) is 5.82 Å². The van der Waals surface area contributed by atoms with Crippen molar-refractivity contribution in [1.82, 2.24) is 35.1 Å². The fourth-order valence-electron chi connectivity index (χ4n) is 5.38. The highest BCUT2D eigenvalue weighted by molar-refractivity contribution is 7.08. The van der Waals surface area contributed by atoms with Gasteiger partial charge in [-0.2, -0.15) is 16.4 Å². The molecule has 1 aliphatic rings. The number of hydrogen-bond donors (Lipinski definition) is 2. The summed E-state index contributed by atoms with van der Waals surface area (Å²) in [5, 5.41) is 12.8. The van der Waals surface area contributed by atoms with Gasteiger partial charge >= 0.3 is 0 Å². The normalized spacial score (nSPS) is 14.7. The summed E-state index contributed by atoms with van der Waals surface area (Å²) >= 11 is 1.65. The molecule has 36 heavy (non-hydrogen) atoms. The number of H-pyrrole nitrogens is 2. The number of imidazole rings is 1. The van der Waals surface area contributed by atoms with Crippen molar-refractivity contribution in [2.75, 3.05) is 0 Å². The van der Waals surface area contributed by atoms with Gasteiger partial charge in [0.15, 0.2) is 5.82 Å². The number of thiophene rings is 1. The molecule has 6 heterocycles. The van der Waals surface area contributed by atoms with Crippen LogP contribution in [0.1, 0.15) is 37.7 Å². The highest BCUT2D eigenvalue weighted by atomic mass is 32.1. The minimum atomic E-state index is 0.710. The van der Waals surface area contributed by atoms with E-state index >= 15 is 0 Å². The lowest BCUT2D eigenvalue weighted by atomic mass is 9.85. The molecule has 2 N–H and O–H groups in total. The van der Waals surface area contributed by atoms with Gasteiger partial charge in [0.2, 0.25) is 0 Å². The molecule has 0 spiro atoms. The summed E-state index contributed by atoms with van der Waals surface area (Å²) in [7, 11) is 0.